The molecule has 0 spiro atoms. The van der Waals surface area contributed by atoms with Gasteiger partial charge in [-0.05, 0) is 43.1 Å². The van der Waals surface area contributed by atoms with Crippen LogP contribution >= 0.6 is 0 Å². The number of nitrogens with zero attached hydrogens (tertiary/aromatic N) is 4. The van der Waals surface area contributed by atoms with Crippen LogP contribution in [0.1, 0.15) is 41.7 Å². The number of amides is 2. The lowest BCUT2D eigenvalue weighted by molar-refractivity contribution is -0.148. The number of carbonyl (C=O) groups is 2. The summed E-state index contributed by atoms with van der Waals surface area (Å²) in [6.45, 7) is 1.64. The van der Waals surface area contributed by atoms with E-state index in [1.807, 2.05) is 6.07 Å². The van der Waals surface area contributed by atoms with E-state index in [9.17, 15) is 9.59 Å². The summed E-state index contributed by atoms with van der Waals surface area (Å²) in [5.41, 5.74) is 6.87. The van der Waals surface area contributed by atoms with Crippen LogP contribution in [0.25, 0.3) is 0 Å². The molecule has 0 unspecified atom stereocenters. The van der Waals surface area contributed by atoms with Gasteiger partial charge in [-0.15, -0.1) is 0 Å². The molecule has 1 aromatic carbocycles. The summed E-state index contributed by atoms with van der Waals surface area (Å²) in [7, 11) is 0. The van der Waals surface area contributed by atoms with Crippen molar-refractivity contribution in [1.82, 2.24) is 14.9 Å². The standard InChI is InChI=1S/C23H27N5O2/c24-23(30)18-11-25-12-21(26-18)27-13-16-10-17(14-27)20(9-15-5-2-1-3-6-15)28-19(16)7-4-8-22(28)29/h1-3,5-6,11-12,16-17,19-20H,4,7-10,13-14H2,(H2,24,30)/t16-,17+,19+,20+/m1/s1. The van der Waals surface area contributed by atoms with Crippen LogP contribution in [0, 0.1) is 11.8 Å². The SMILES string of the molecule is NC(=O)c1cncc(N2C[C@H]3C[C@@H](C2)[C@H](Cc2ccccc2)N2C(=O)CCC[C@@H]32)n1. The summed E-state index contributed by atoms with van der Waals surface area (Å²) in [5.74, 6) is 1.23. The van der Waals surface area contributed by atoms with Crippen molar-refractivity contribution in [2.75, 3.05) is 18.0 Å². The van der Waals surface area contributed by atoms with Crippen LogP contribution in [0.3, 0.4) is 0 Å². The molecule has 4 heterocycles. The topological polar surface area (TPSA) is 92.4 Å². The minimum Gasteiger partial charge on any atom is -0.364 e. The van der Waals surface area contributed by atoms with E-state index < -0.39 is 5.91 Å². The lowest BCUT2D eigenvalue weighted by Gasteiger charge is -2.57. The van der Waals surface area contributed by atoms with Gasteiger partial charge in [0.25, 0.3) is 5.91 Å². The first kappa shape index (κ1) is 19.0. The van der Waals surface area contributed by atoms with Crippen LogP contribution in [-0.4, -0.2) is 51.9 Å². The zero-order chi connectivity index (χ0) is 20.7. The molecule has 0 aliphatic carbocycles. The van der Waals surface area contributed by atoms with Crippen molar-refractivity contribution in [3.8, 4) is 0 Å². The largest absolute Gasteiger partial charge is 0.364 e. The van der Waals surface area contributed by atoms with E-state index in [2.05, 4.69) is 44.0 Å². The van der Waals surface area contributed by atoms with E-state index in [4.69, 9.17) is 5.73 Å². The number of fused-ring (bicyclic) bond motifs is 4. The summed E-state index contributed by atoms with van der Waals surface area (Å²) in [4.78, 5) is 37.7. The Balaban J connectivity index is 1.46. The van der Waals surface area contributed by atoms with Gasteiger partial charge < -0.3 is 15.5 Å². The molecule has 3 saturated heterocycles. The molecule has 2 bridgehead atoms. The number of carbonyl (C=O) groups excluding carboxylic acids is 2. The maximum Gasteiger partial charge on any atom is 0.268 e. The molecular formula is C23H27N5O2. The summed E-state index contributed by atoms with van der Waals surface area (Å²) >= 11 is 0. The molecule has 3 aliphatic rings. The Kier molecular flexibility index (Phi) is 4.89. The van der Waals surface area contributed by atoms with Crippen LogP contribution in [-0.2, 0) is 11.2 Å². The second-order valence-electron chi connectivity index (χ2n) is 8.81. The molecule has 7 heteroatoms. The highest BCUT2D eigenvalue weighted by atomic mass is 16.2. The van der Waals surface area contributed by atoms with Crippen molar-refractivity contribution >= 4 is 17.6 Å². The number of hydrogen-bond acceptors (Lipinski definition) is 5. The summed E-state index contributed by atoms with van der Waals surface area (Å²) in [6, 6.07) is 10.9. The summed E-state index contributed by atoms with van der Waals surface area (Å²) < 4.78 is 0. The number of hydrogen-bond donors (Lipinski definition) is 1. The van der Waals surface area contributed by atoms with E-state index in [0.717, 1.165) is 38.8 Å². The van der Waals surface area contributed by atoms with Crippen molar-refractivity contribution in [1.29, 1.82) is 0 Å². The molecule has 2 aromatic rings. The van der Waals surface area contributed by atoms with Gasteiger partial charge in [-0.25, -0.2) is 4.98 Å². The number of piperidine rings is 3. The molecule has 5 rings (SSSR count). The van der Waals surface area contributed by atoms with E-state index in [1.165, 1.54) is 11.8 Å². The van der Waals surface area contributed by atoms with Gasteiger partial charge in [0.2, 0.25) is 5.91 Å². The molecule has 0 radical (unpaired) electrons. The highest BCUT2D eigenvalue weighted by Crippen LogP contribution is 2.43. The van der Waals surface area contributed by atoms with Crippen molar-refractivity contribution in [2.45, 2.75) is 44.2 Å². The maximum atomic E-state index is 13.0. The van der Waals surface area contributed by atoms with Crippen LogP contribution < -0.4 is 10.6 Å². The number of rotatable bonds is 4. The Morgan fingerprint density at radius 2 is 1.93 bits per heavy atom. The quantitative estimate of drug-likeness (QED) is 0.840. The third-order valence-electron chi connectivity index (χ3n) is 6.98. The lowest BCUT2D eigenvalue weighted by atomic mass is 9.71. The monoisotopic (exact) mass is 405 g/mol. The molecule has 3 aliphatic heterocycles. The van der Waals surface area contributed by atoms with E-state index in [1.54, 1.807) is 6.20 Å². The summed E-state index contributed by atoms with van der Waals surface area (Å²) in [6.07, 6.45) is 7.83. The van der Waals surface area contributed by atoms with Crippen LogP contribution in [0.15, 0.2) is 42.7 Å². The highest BCUT2D eigenvalue weighted by Gasteiger charge is 2.49. The molecule has 0 saturated carbocycles. The van der Waals surface area contributed by atoms with Crippen molar-refractivity contribution in [3.05, 3.63) is 54.0 Å². The lowest BCUT2D eigenvalue weighted by Crippen LogP contribution is -2.65. The number of aromatic nitrogens is 2. The Hall–Kier alpha value is -2.96. The average Bonchev–Trinajstić information content (AvgIpc) is 2.77. The first-order valence-corrected chi connectivity index (χ1v) is 10.8. The molecule has 30 heavy (non-hydrogen) atoms. The van der Waals surface area contributed by atoms with Crippen molar-refractivity contribution in [2.24, 2.45) is 17.6 Å². The molecule has 4 atom stereocenters. The average molecular weight is 406 g/mol. The maximum absolute atomic E-state index is 13.0. The number of benzene rings is 1. The van der Waals surface area contributed by atoms with Gasteiger partial charge in [-0.3, -0.25) is 14.6 Å². The Morgan fingerprint density at radius 3 is 2.73 bits per heavy atom. The number of primary amides is 1. The zero-order valence-corrected chi connectivity index (χ0v) is 17.0. The highest BCUT2D eigenvalue weighted by molar-refractivity contribution is 5.90. The number of anilines is 1. The molecule has 2 N–H and O–H groups in total. The Morgan fingerprint density at radius 1 is 1.13 bits per heavy atom. The van der Waals surface area contributed by atoms with Crippen molar-refractivity contribution in [3.63, 3.8) is 0 Å². The number of nitrogens with two attached hydrogens (primary N) is 1. The third-order valence-corrected chi connectivity index (χ3v) is 6.98. The fraction of sp³-hybridized carbons (Fsp3) is 0.478. The molecule has 7 nitrogen and oxygen atoms in total. The fourth-order valence-corrected chi connectivity index (χ4v) is 5.71. The van der Waals surface area contributed by atoms with Gasteiger partial charge in [0.05, 0.1) is 12.4 Å². The van der Waals surface area contributed by atoms with Gasteiger partial charge in [0.15, 0.2) is 0 Å². The first-order chi connectivity index (χ1) is 14.6. The second-order valence-corrected chi connectivity index (χ2v) is 8.81. The molecule has 1 aromatic heterocycles. The van der Waals surface area contributed by atoms with Gasteiger partial charge in [-0.2, -0.15) is 0 Å². The second kappa shape index (κ2) is 7.70. The minimum atomic E-state index is -0.562. The van der Waals surface area contributed by atoms with E-state index in [0.29, 0.717) is 30.0 Å². The summed E-state index contributed by atoms with van der Waals surface area (Å²) in [5, 5.41) is 0. The smallest absolute Gasteiger partial charge is 0.268 e. The van der Waals surface area contributed by atoms with E-state index in [-0.39, 0.29) is 17.8 Å². The van der Waals surface area contributed by atoms with Crippen LogP contribution in [0.2, 0.25) is 0 Å². The van der Waals surface area contributed by atoms with Crippen LogP contribution in [0.4, 0.5) is 5.82 Å². The third kappa shape index (κ3) is 3.42. The van der Waals surface area contributed by atoms with E-state index >= 15 is 0 Å². The Bertz CT molecular complexity index is 950. The fourth-order valence-electron chi connectivity index (χ4n) is 5.71. The van der Waals surface area contributed by atoms with Crippen LogP contribution in [0.5, 0.6) is 0 Å². The zero-order valence-electron chi connectivity index (χ0n) is 17.0. The van der Waals surface area contributed by atoms with Gasteiger partial charge in [0.1, 0.15) is 11.5 Å². The molecule has 2 amide bonds. The molecular weight excluding hydrogens is 378 g/mol. The Labute approximate surface area is 176 Å². The minimum absolute atomic E-state index is 0.191. The normalized spacial score (nSPS) is 28.2. The molecule has 3 fully saturated rings. The first-order valence-electron chi connectivity index (χ1n) is 10.8. The molecule has 156 valence electrons. The van der Waals surface area contributed by atoms with Gasteiger partial charge in [-0.1, -0.05) is 30.3 Å². The van der Waals surface area contributed by atoms with Gasteiger partial charge in [0, 0.05) is 31.6 Å². The van der Waals surface area contributed by atoms with Gasteiger partial charge >= 0.3 is 0 Å². The predicted octanol–water partition coefficient (Wildman–Crippen LogP) is 2.02. The van der Waals surface area contributed by atoms with Crippen molar-refractivity contribution < 1.29 is 9.59 Å². The predicted molar refractivity (Wildman–Crippen MR) is 113 cm³/mol.